The smallest absolute Gasteiger partial charge is 0.378 e. The van der Waals surface area contributed by atoms with Crippen LogP contribution in [0.5, 0.6) is 0 Å². The molecule has 0 radical (unpaired) electrons. The molecule has 19 heavy (non-hydrogen) atoms. The van der Waals surface area contributed by atoms with Gasteiger partial charge in [-0.1, -0.05) is 12.1 Å². The maximum absolute atomic E-state index is 12.8. The topological polar surface area (TPSA) is 24.9 Å². The highest BCUT2D eigenvalue weighted by atomic mass is 32.1. The van der Waals surface area contributed by atoms with Crippen molar-refractivity contribution in [2.24, 2.45) is 0 Å². The van der Waals surface area contributed by atoms with Crippen molar-refractivity contribution >= 4 is 17.0 Å². The van der Waals surface area contributed by atoms with Gasteiger partial charge in [-0.3, -0.25) is 0 Å². The SMILES string of the molecule is Cc1nc(CNc2ccccc2C(F)(F)F)sc1C. The molecular formula is C13H13F3N2S. The van der Waals surface area contributed by atoms with Crippen molar-refractivity contribution in [2.75, 3.05) is 5.32 Å². The maximum Gasteiger partial charge on any atom is 0.418 e. The monoisotopic (exact) mass is 286 g/mol. The van der Waals surface area contributed by atoms with Gasteiger partial charge in [0.15, 0.2) is 0 Å². The van der Waals surface area contributed by atoms with Crippen molar-refractivity contribution in [1.29, 1.82) is 0 Å². The number of aryl methyl sites for hydroxylation is 2. The number of nitrogens with zero attached hydrogens (tertiary/aromatic N) is 1. The molecule has 0 aliphatic heterocycles. The summed E-state index contributed by atoms with van der Waals surface area (Å²) >= 11 is 1.49. The standard InChI is InChI=1S/C13H13F3N2S/c1-8-9(2)19-12(18-8)7-17-11-6-4-3-5-10(11)13(14,15)16/h3-6,17H,7H2,1-2H3. The number of nitrogens with one attached hydrogen (secondary N) is 1. The summed E-state index contributed by atoms with van der Waals surface area (Å²) in [5.74, 6) is 0. The normalized spacial score (nSPS) is 11.6. The molecule has 2 rings (SSSR count). The second-order valence-electron chi connectivity index (χ2n) is 4.15. The van der Waals surface area contributed by atoms with Crippen LogP contribution in [0.4, 0.5) is 18.9 Å². The van der Waals surface area contributed by atoms with Crippen molar-refractivity contribution in [3.8, 4) is 0 Å². The first-order valence-electron chi connectivity index (χ1n) is 5.71. The fraction of sp³-hybridized carbons (Fsp3) is 0.308. The van der Waals surface area contributed by atoms with Crippen LogP contribution in [0.2, 0.25) is 0 Å². The van der Waals surface area contributed by atoms with E-state index in [1.165, 1.54) is 23.5 Å². The summed E-state index contributed by atoms with van der Waals surface area (Å²) in [7, 11) is 0. The lowest BCUT2D eigenvalue weighted by atomic mass is 10.1. The molecule has 0 atom stereocenters. The summed E-state index contributed by atoms with van der Waals surface area (Å²) in [4.78, 5) is 5.38. The molecule has 2 aromatic rings. The Kier molecular flexibility index (Phi) is 3.80. The first-order valence-corrected chi connectivity index (χ1v) is 6.52. The van der Waals surface area contributed by atoms with Crippen LogP contribution in [0.15, 0.2) is 24.3 Å². The van der Waals surface area contributed by atoms with E-state index in [1.54, 1.807) is 6.07 Å². The van der Waals surface area contributed by atoms with Gasteiger partial charge in [0, 0.05) is 10.6 Å². The molecule has 0 bridgehead atoms. The van der Waals surface area contributed by atoms with Crippen LogP contribution in [-0.4, -0.2) is 4.98 Å². The summed E-state index contributed by atoms with van der Waals surface area (Å²) in [5, 5.41) is 3.59. The molecule has 0 fully saturated rings. The summed E-state index contributed by atoms with van der Waals surface area (Å²) in [6, 6.07) is 5.46. The Labute approximate surface area is 113 Å². The lowest BCUT2D eigenvalue weighted by Gasteiger charge is -2.13. The van der Waals surface area contributed by atoms with Crippen LogP contribution in [0.1, 0.15) is 21.1 Å². The quantitative estimate of drug-likeness (QED) is 0.905. The van der Waals surface area contributed by atoms with E-state index in [2.05, 4.69) is 10.3 Å². The van der Waals surface area contributed by atoms with Gasteiger partial charge in [-0.15, -0.1) is 11.3 Å². The number of hydrogen-bond acceptors (Lipinski definition) is 3. The van der Waals surface area contributed by atoms with Gasteiger partial charge in [0.25, 0.3) is 0 Å². The molecule has 2 nitrogen and oxygen atoms in total. The predicted octanol–water partition coefficient (Wildman–Crippen LogP) is 4.39. The van der Waals surface area contributed by atoms with Crippen molar-refractivity contribution < 1.29 is 13.2 Å². The average molecular weight is 286 g/mol. The fourth-order valence-electron chi connectivity index (χ4n) is 1.67. The van der Waals surface area contributed by atoms with Crippen molar-refractivity contribution in [3.05, 3.63) is 45.4 Å². The Hall–Kier alpha value is -1.56. The van der Waals surface area contributed by atoms with Gasteiger partial charge in [-0.05, 0) is 26.0 Å². The summed E-state index contributed by atoms with van der Waals surface area (Å²) < 4.78 is 38.4. The van der Waals surface area contributed by atoms with Crippen LogP contribution < -0.4 is 5.32 Å². The fourth-order valence-corrected chi connectivity index (χ4v) is 2.54. The Morgan fingerprint density at radius 1 is 1.21 bits per heavy atom. The predicted molar refractivity (Wildman–Crippen MR) is 70.4 cm³/mol. The van der Waals surface area contributed by atoms with E-state index < -0.39 is 11.7 Å². The molecule has 0 saturated heterocycles. The van der Waals surface area contributed by atoms with Crippen LogP contribution >= 0.6 is 11.3 Å². The number of rotatable bonds is 3. The first kappa shape index (κ1) is 13.9. The second kappa shape index (κ2) is 5.21. The van der Waals surface area contributed by atoms with Crippen molar-refractivity contribution in [2.45, 2.75) is 26.6 Å². The number of thiazole rings is 1. The lowest BCUT2D eigenvalue weighted by Crippen LogP contribution is -2.10. The Morgan fingerprint density at radius 3 is 2.47 bits per heavy atom. The van der Waals surface area contributed by atoms with E-state index in [9.17, 15) is 13.2 Å². The third kappa shape index (κ3) is 3.26. The van der Waals surface area contributed by atoms with Crippen LogP contribution in [-0.2, 0) is 12.7 Å². The number of aromatic nitrogens is 1. The van der Waals surface area contributed by atoms with Crippen LogP contribution in [0.25, 0.3) is 0 Å². The summed E-state index contributed by atoms with van der Waals surface area (Å²) in [6.07, 6.45) is -4.35. The zero-order valence-electron chi connectivity index (χ0n) is 10.5. The third-order valence-electron chi connectivity index (χ3n) is 2.74. The van der Waals surface area contributed by atoms with Gasteiger partial charge < -0.3 is 5.32 Å². The van der Waals surface area contributed by atoms with Crippen molar-refractivity contribution in [3.63, 3.8) is 0 Å². The molecule has 1 heterocycles. The molecule has 1 N–H and O–H groups in total. The molecule has 0 saturated carbocycles. The minimum absolute atomic E-state index is 0.0838. The molecule has 0 amide bonds. The Balaban J connectivity index is 2.16. The second-order valence-corrected chi connectivity index (χ2v) is 5.43. The highest BCUT2D eigenvalue weighted by Crippen LogP contribution is 2.34. The molecule has 0 unspecified atom stereocenters. The zero-order chi connectivity index (χ0) is 14.0. The molecule has 1 aromatic heterocycles. The lowest BCUT2D eigenvalue weighted by molar-refractivity contribution is -0.136. The van der Waals surface area contributed by atoms with Gasteiger partial charge in [0.05, 0.1) is 17.8 Å². The van der Waals surface area contributed by atoms with E-state index in [-0.39, 0.29) is 5.69 Å². The van der Waals surface area contributed by atoms with Crippen LogP contribution in [0, 0.1) is 13.8 Å². The Morgan fingerprint density at radius 2 is 1.89 bits per heavy atom. The van der Waals surface area contributed by atoms with E-state index in [0.29, 0.717) is 6.54 Å². The molecule has 1 aromatic carbocycles. The summed E-state index contributed by atoms with van der Waals surface area (Å²) in [6.45, 7) is 4.13. The molecule has 0 aliphatic rings. The maximum atomic E-state index is 12.8. The number of anilines is 1. The number of hydrogen-bond donors (Lipinski definition) is 1. The van der Waals surface area contributed by atoms with Crippen molar-refractivity contribution in [1.82, 2.24) is 4.98 Å². The van der Waals surface area contributed by atoms with Gasteiger partial charge in [-0.25, -0.2) is 4.98 Å². The minimum atomic E-state index is -4.35. The molecular weight excluding hydrogens is 273 g/mol. The molecule has 0 spiro atoms. The minimum Gasteiger partial charge on any atom is -0.378 e. The molecule has 0 aliphatic carbocycles. The number of para-hydroxylation sites is 1. The zero-order valence-corrected chi connectivity index (χ0v) is 11.3. The first-order chi connectivity index (χ1) is 8.88. The van der Waals surface area contributed by atoms with Crippen LogP contribution in [0.3, 0.4) is 0 Å². The van der Waals surface area contributed by atoms with E-state index >= 15 is 0 Å². The largest absolute Gasteiger partial charge is 0.418 e. The Bertz CT molecular complexity index is 556. The van der Waals surface area contributed by atoms with E-state index in [4.69, 9.17) is 0 Å². The third-order valence-corrected chi connectivity index (χ3v) is 3.81. The highest BCUT2D eigenvalue weighted by Gasteiger charge is 2.33. The van der Waals surface area contributed by atoms with Gasteiger partial charge >= 0.3 is 6.18 Å². The number of benzene rings is 1. The van der Waals surface area contributed by atoms with Gasteiger partial charge in [0.1, 0.15) is 5.01 Å². The number of halogens is 3. The van der Waals surface area contributed by atoms with E-state index in [1.807, 2.05) is 13.8 Å². The van der Waals surface area contributed by atoms with Gasteiger partial charge in [0.2, 0.25) is 0 Å². The number of alkyl halides is 3. The highest BCUT2D eigenvalue weighted by molar-refractivity contribution is 7.11. The van der Waals surface area contributed by atoms with E-state index in [0.717, 1.165) is 21.6 Å². The summed E-state index contributed by atoms with van der Waals surface area (Å²) in [5.41, 5.74) is 0.353. The van der Waals surface area contributed by atoms with Gasteiger partial charge in [-0.2, -0.15) is 13.2 Å². The average Bonchev–Trinajstić information content (AvgIpc) is 2.65. The molecule has 6 heteroatoms. The molecule has 102 valence electrons.